The molecule has 6 aromatic carbocycles. The summed E-state index contributed by atoms with van der Waals surface area (Å²) >= 11 is 0. The van der Waals surface area contributed by atoms with Crippen molar-refractivity contribution in [2.24, 2.45) is 0 Å². The summed E-state index contributed by atoms with van der Waals surface area (Å²) in [5, 5.41) is 23.7. The highest BCUT2D eigenvalue weighted by molar-refractivity contribution is 6.17. The van der Waals surface area contributed by atoms with Crippen molar-refractivity contribution in [2.45, 2.75) is 25.2 Å². The topological polar surface area (TPSA) is 65.7 Å². The molecule has 0 saturated carbocycles. The van der Waals surface area contributed by atoms with Crippen molar-refractivity contribution in [3.63, 3.8) is 0 Å². The molecule has 8 aromatic rings. The first-order valence-electron chi connectivity index (χ1n) is 17.1. The minimum atomic E-state index is -0.0263. The molecule has 1 atom stereocenters. The van der Waals surface area contributed by atoms with Crippen molar-refractivity contribution in [1.82, 2.24) is 4.57 Å². The van der Waals surface area contributed by atoms with Gasteiger partial charge in [-0.05, 0) is 107 Å². The molecule has 0 amide bonds. The second-order valence-corrected chi connectivity index (χ2v) is 13.3. The van der Waals surface area contributed by atoms with Gasteiger partial charge in [0.2, 0.25) is 0 Å². The van der Waals surface area contributed by atoms with Crippen molar-refractivity contribution in [3.8, 4) is 29.0 Å². The first kappa shape index (κ1) is 28.4. The molecule has 10 rings (SSSR count). The third kappa shape index (κ3) is 4.09. The molecule has 1 unspecified atom stereocenters. The van der Waals surface area contributed by atoms with Crippen molar-refractivity contribution in [2.75, 3.05) is 0 Å². The molecule has 0 N–H and O–H groups in total. The number of fused-ring (bicyclic) bond motifs is 10. The number of nitriles is 2. The molecule has 2 heterocycles. The van der Waals surface area contributed by atoms with Crippen LogP contribution < -0.4 is 0 Å². The Balaban J connectivity index is 1.21. The van der Waals surface area contributed by atoms with Crippen molar-refractivity contribution in [3.05, 3.63) is 172 Å². The summed E-state index contributed by atoms with van der Waals surface area (Å²) in [6.07, 6.45) is 4.84. The number of furan rings is 1. The lowest BCUT2D eigenvalue weighted by Gasteiger charge is -2.31. The van der Waals surface area contributed by atoms with Gasteiger partial charge in [-0.1, -0.05) is 84.9 Å². The number of benzene rings is 6. The maximum atomic E-state index is 10.6. The van der Waals surface area contributed by atoms with Gasteiger partial charge in [0.25, 0.3) is 0 Å². The minimum Gasteiger partial charge on any atom is -0.454 e. The van der Waals surface area contributed by atoms with Crippen molar-refractivity contribution < 1.29 is 4.42 Å². The lowest BCUT2D eigenvalue weighted by atomic mass is 9.72. The zero-order chi connectivity index (χ0) is 33.3. The van der Waals surface area contributed by atoms with Crippen LogP contribution in [0.3, 0.4) is 0 Å². The van der Waals surface area contributed by atoms with Crippen LogP contribution in [-0.4, -0.2) is 4.57 Å². The Morgan fingerprint density at radius 2 is 1.46 bits per heavy atom. The highest BCUT2D eigenvalue weighted by Crippen LogP contribution is 2.48. The van der Waals surface area contributed by atoms with Gasteiger partial charge in [0.05, 0.1) is 28.8 Å². The standard InChI is InChI=1S/C46H29N3O/c47-26-28-17-19-35-39(23-28)33-13-5-4-9-29(33)25-41(35)44-31(27-48)10-8-15-34(44)30-18-22-42-40(24-30)37-20-21-38-36-14-6-7-16-43(36)50-46(38)45(37)49(42)32-11-2-1-3-12-32/h1-17,19-21,23-24,41H,18,22,25H2. The second kappa shape index (κ2) is 11.0. The molecular formula is C46H29N3O. The number of para-hydroxylation sites is 2. The number of nitrogens with zero attached hydrogens (tertiary/aromatic N) is 3. The molecule has 4 nitrogen and oxygen atoms in total. The summed E-state index contributed by atoms with van der Waals surface area (Å²) in [5.41, 5.74) is 15.9. The maximum Gasteiger partial charge on any atom is 0.160 e. The number of aromatic nitrogens is 1. The summed E-state index contributed by atoms with van der Waals surface area (Å²) < 4.78 is 9.03. The Morgan fingerprint density at radius 3 is 2.34 bits per heavy atom. The number of hydrogen-bond donors (Lipinski definition) is 0. The smallest absolute Gasteiger partial charge is 0.160 e. The van der Waals surface area contributed by atoms with Crippen LogP contribution in [0.4, 0.5) is 0 Å². The van der Waals surface area contributed by atoms with Gasteiger partial charge in [0.15, 0.2) is 5.58 Å². The fourth-order valence-corrected chi connectivity index (χ4v) is 8.64. The Kier molecular flexibility index (Phi) is 6.22. The molecule has 2 aliphatic rings. The summed E-state index contributed by atoms with van der Waals surface area (Å²) in [6, 6.07) is 48.9. The van der Waals surface area contributed by atoms with Gasteiger partial charge in [-0.25, -0.2) is 0 Å². The van der Waals surface area contributed by atoms with Crippen LogP contribution in [0, 0.1) is 22.7 Å². The lowest BCUT2D eigenvalue weighted by Crippen LogP contribution is -2.16. The zero-order valence-electron chi connectivity index (χ0n) is 27.2. The van der Waals surface area contributed by atoms with Crippen LogP contribution >= 0.6 is 0 Å². The van der Waals surface area contributed by atoms with Gasteiger partial charge in [-0.15, -0.1) is 0 Å². The molecular weight excluding hydrogens is 611 g/mol. The quantitative estimate of drug-likeness (QED) is 0.193. The monoisotopic (exact) mass is 639 g/mol. The van der Waals surface area contributed by atoms with Crippen molar-refractivity contribution in [1.29, 1.82) is 10.5 Å². The van der Waals surface area contributed by atoms with E-state index in [4.69, 9.17) is 4.42 Å². The summed E-state index contributed by atoms with van der Waals surface area (Å²) in [4.78, 5) is 0. The largest absolute Gasteiger partial charge is 0.454 e. The SMILES string of the molecule is N#Cc1ccc2c(c1)-c1ccccc1CC2c1c(C#N)cccc1C1=Cc2c(n(-c3ccccc3)c3c2ccc2c4ccccc4oc23)CC1. The molecule has 2 aliphatic carbocycles. The van der Waals surface area contributed by atoms with E-state index in [1.807, 2.05) is 36.4 Å². The Morgan fingerprint density at radius 1 is 0.660 bits per heavy atom. The summed E-state index contributed by atoms with van der Waals surface area (Å²) in [6.45, 7) is 0. The summed E-state index contributed by atoms with van der Waals surface area (Å²) in [7, 11) is 0. The van der Waals surface area contributed by atoms with Gasteiger partial charge in [0, 0.05) is 39.0 Å². The third-order valence-electron chi connectivity index (χ3n) is 10.8. The fraction of sp³-hybridized carbons (Fsp3) is 0.0870. The highest BCUT2D eigenvalue weighted by Gasteiger charge is 2.32. The number of hydrogen-bond acceptors (Lipinski definition) is 3. The molecule has 0 saturated heterocycles. The Bertz CT molecular complexity index is 2820. The second-order valence-electron chi connectivity index (χ2n) is 13.3. The molecule has 0 spiro atoms. The molecule has 50 heavy (non-hydrogen) atoms. The third-order valence-corrected chi connectivity index (χ3v) is 10.8. The van der Waals surface area contributed by atoms with E-state index < -0.39 is 0 Å². The van der Waals surface area contributed by atoms with Crippen LogP contribution in [0.1, 0.15) is 57.0 Å². The lowest BCUT2D eigenvalue weighted by molar-refractivity contribution is 0.670. The molecule has 0 bridgehead atoms. The van der Waals surface area contributed by atoms with Crippen LogP contribution in [0.25, 0.3) is 61.3 Å². The van der Waals surface area contributed by atoms with Crippen molar-refractivity contribution >= 4 is 44.5 Å². The van der Waals surface area contributed by atoms with Gasteiger partial charge in [0.1, 0.15) is 5.58 Å². The first-order valence-corrected chi connectivity index (χ1v) is 17.1. The first-order chi connectivity index (χ1) is 24.7. The van der Waals surface area contributed by atoms with Crippen LogP contribution in [-0.2, 0) is 12.8 Å². The summed E-state index contributed by atoms with van der Waals surface area (Å²) in [5.74, 6) is -0.0263. The highest BCUT2D eigenvalue weighted by atomic mass is 16.3. The Hall–Kier alpha value is -6.62. The van der Waals surface area contributed by atoms with E-state index in [-0.39, 0.29) is 5.92 Å². The molecule has 0 fully saturated rings. The van der Waals surface area contributed by atoms with Gasteiger partial charge >= 0.3 is 0 Å². The van der Waals surface area contributed by atoms with Crippen LogP contribution in [0.5, 0.6) is 0 Å². The van der Waals surface area contributed by atoms with E-state index in [0.29, 0.717) is 11.1 Å². The maximum absolute atomic E-state index is 10.6. The zero-order valence-corrected chi connectivity index (χ0v) is 27.2. The number of allylic oxidation sites excluding steroid dienone is 1. The molecule has 2 aromatic heterocycles. The number of rotatable bonds is 3. The van der Waals surface area contributed by atoms with E-state index in [9.17, 15) is 10.5 Å². The van der Waals surface area contributed by atoms with E-state index >= 15 is 0 Å². The average molecular weight is 640 g/mol. The van der Waals surface area contributed by atoms with Crippen LogP contribution in [0.2, 0.25) is 0 Å². The van der Waals surface area contributed by atoms with E-state index in [1.165, 1.54) is 28.0 Å². The van der Waals surface area contributed by atoms with E-state index in [2.05, 4.69) is 114 Å². The molecule has 0 aliphatic heterocycles. The fourth-order valence-electron chi connectivity index (χ4n) is 8.64. The predicted molar refractivity (Wildman–Crippen MR) is 200 cm³/mol. The predicted octanol–water partition coefficient (Wildman–Crippen LogP) is 11.1. The molecule has 234 valence electrons. The molecule has 0 radical (unpaired) electrons. The molecule has 4 heteroatoms. The van der Waals surface area contributed by atoms with Crippen LogP contribution in [0.15, 0.2) is 132 Å². The van der Waals surface area contributed by atoms with E-state index in [0.717, 1.165) is 80.0 Å². The van der Waals surface area contributed by atoms with Gasteiger partial charge in [-0.2, -0.15) is 10.5 Å². The van der Waals surface area contributed by atoms with Gasteiger partial charge < -0.3 is 8.98 Å². The average Bonchev–Trinajstić information content (AvgIpc) is 3.73. The Labute approximate surface area is 289 Å². The van der Waals surface area contributed by atoms with Gasteiger partial charge in [-0.3, -0.25) is 0 Å². The van der Waals surface area contributed by atoms with E-state index in [1.54, 1.807) is 0 Å². The normalized spacial score (nSPS) is 14.8. The minimum absolute atomic E-state index is 0.0263.